The first-order valence-corrected chi connectivity index (χ1v) is 10.5. The summed E-state index contributed by atoms with van der Waals surface area (Å²) in [5, 5.41) is 5.60. The number of carbonyl (C=O) groups excluding carboxylic acids is 2. The first kappa shape index (κ1) is 22.6. The molecule has 0 fully saturated rings. The maximum Gasteiger partial charge on any atom is 0.255 e. The van der Waals surface area contributed by atoms with Crippen molar-refractivity contribution in [2.24, 2.45) is 0 Å². The van der Waals surface area contributed by atoms with Crippen LogP contribution >= 0.6 is 0 Å². The second-order valence-corrected chi connectivity index (χ2v) is 10.2. The second kappa shape index (κ2) is 8.34. The molecule has 0 saturated heterocycles. The lowest BCUT2D eigenvalue weighted by molar-refractivity contribution is 0.0918. The summed E-state index contributed by atoms with van der Waals surface area (Å²) in [5.74, 6) is -0.614. The number of nitrogens with zero attached hydrogens (tertiary/aromatic N) is 1. The number of sulfonamides is 1. The van der Waals surface area contributed by atoms with E-state index in [2.05, 4.69) is 10.6 Å². The van der Waals surface area contributed by atoms with Crippen molar-refractivity contribution >= 4 is 27.5 Å². The Morgan fingerprint density at radius 3 is 1.90 bits per heavy atom. The second-order valence-electron chi connectivity index (χ2n) is 8.00. The molecule has 8 heteroatoms. The molecule has 0 radical (unpaired) electrons. The van der Waals surface area contributed by atoms with Crippen LogP contribution in [0.2, 0.25) is 0 Å². The van der Waals surface area contributed by atoms with Crippen LogP contribution in [0, 0.1) is 6.92 Å². The van der Waals surface area contributed by atoms with Crippen molar-refractivity contribution in [2.75, 3.05) is 19.4 Å². The molecule has 0 aromatic heterocycles. The minimum atomic E-state index is -3.61. The van der Waals surface area contributed by atoms with Crippen molar-refractivity contribution in [3.63, 3.8) is 0 Å². The first-order chi connectivity index (χ1) is 13.3. The Bertz CT molecular complexity index is 1020. The zero-order valence-corrected chi connectivity index (χ0v) is 18.3. The molecule has 0 atom stereocenters. The van der Waals surface area contributed by atoms with E-state index in [1.54, 1.807) is 37.3 Å². The zero-order chi connectivity index (χ0) is 22.0. The van der Waals surface area contributed by atoms with Crippen molar-refractivity contribution in [3.8, 4) is 0 Å². The highest BCUT2D eigenvalue weighted by molar-refractivity contribution is 7.89. The third-order valence-corrected chi connectivity index (χ3v) is 5.94. The van der Waals surface area contributed by atoms with Crippen molar-refractivity contribution in [1.29, 1.82) is 0 Å². The normalized spacial score (nSPS) is 12.0. The molecule has 2 aromatic carbocycles. The summed E-state index contributed by atoms with van der Waals surface area (Å²) < 4.78 is 25.8. The van der Waals surface area contributed by atoms with E-state index < -0.39 is 15.9 Å². The van der Waals surface area contributed by atoms with Crippen LogP contribution in [-0.2, 0) is 10.0 Å². The third-order valence-electron chi connectivity index (χ3n) is 4.13. The molecule has 2 rings (SSSR count). The van der Waals surface area contributed by atoms with Gasteiger partial charge in [-0.3, -0.25) is 9.59 Å². The number of benzene rings is 2. The molecule has 7 nitrogen and oxygen atoms in total. The molecule has 2 N–H and O–H groups in total. The summed E-state index contributed by atoms with van der Waals surface area (Å²) in [7, 11) is -0.711. The van der Waals surface area contributed by atoms with Gasteiger partial charge in [-0.25, -0.2) is 12.7 Å². The molecule has 0 spiro atoms. The molecule has 0 aliphatic heterocycles. The summed E-state index contributed by atoms with van der Waals surface area (Å²) in [6.07, 6.45) is 0. The monoisotopic (exact) mass is 417 g/mol. The smallest absolute Gasteiger partial charge is 0.255 e. The van der Waals surface area contributed by atoms with Crippen molar-refractivity contribution in [2.45, 2.75) is 38.1 Å². The van der Waals surface area contributed by atoms with E-state index in [9.17, 15) is 18.0 Å². The van der Waals surface area contributed by atoms with E-state index in [1.165, 1.54) is 26.2 Å². The molecular formula is C21H27N3O4S. The van der Waals surface area contributed by atoms with Crippen LogP contribution in [0.1, 0.15) is 47.1 Å². The molecule has 2 aromatic rings. The number of hydrogen-bond acceptors (Lipinski definition) is 4. The van der Waals surface area contributed by atoms with Crippen molar-refractivity contribution < 1.29 is 18.0 Å². The lowest BCUT2D eigenvalue weighted by atomic mass is 10.1. The van der Waals surface area contributed by atoms with Crippen LogP contribution in [0.5, 0.6) is 0 Å². The molecule has 0 aliphatic carbocycles. The number of amides is 2. The van der Waals surface area contributed by atoms with E-state index in [0.717, 1.165) is 9.87 Å². The Balaban J connectivity index is 2.22. The average molecular weight is 418 g/mol. The fourth-order valence-corrected chi connectivity index (χ4v) is 3.42. The molecule has 0 saturated carbocycles. The summed E-state index contributed by atoms with van der Waals surface area (Å²) in [6.45, 7) is 7.45. The lowest BCUT2D eigenvalue weighted by Gasteiger charge is -2.20. The minimum absolute atomic E-state index is 0.0950. The van der Waals surface area contributed by atoms with Gasteiger partial charge in [-0.2, -0.15) is 0 Å². The van der Waals surface area contributed by atoms with Gasteiger partial charge in [0.25, 0.3) is 11.8 Å². The van der Waals surface area contributed by atoms with Gasteiger partial charge in [0.1, 0.15) is 0 Å². The van der Waals surface area contributed by atoms with Crippen LogP contribution in [0.3, 0.4) is 0 Å². The summed E-state index contributed by atoms with van der Waals surface area (Å²) in [4.78, 5) is 24.9. The zero-order valence-electron chi connectivity index (χ0n) is 17.5. The van der Waals surface area contributed by atoms with Gasteiger partial charge in [0.2, 0.25) is 10.0 Å². The highest BCUT2D eigenvalue weighted by Gasteiger charge is 2.19. The topological polar surface area (TPSA) is 95.6 Å². The standard InChI is InChI=1S/C21H27N3O4S/c1-14-7-12-17(29(27,28)24(5)6)13-18(14)22-19(25)15-8-10-16(11-9-15)20(26)23-21(2,3)4/h7-13H,1-6H3,(H,22,25)(H,23,26). The molecule has 2 amide bonds. The Hall–Kier alpha value is -2.71. The summed E-state index contributed by atoms with van der Waals surface area (Å²) in [6, 6.07) is 10.9. The van der Waals surface area contributed by atoms with Gasteiger partial charge in [0.15, 0.2) is 0 Å². The highest BCUT2D eigenvalue weighted by atomic mass is 32.2. The molecule has 0 unspecified atom stereocenters. The largest absolute Gasteiger partial charge is 0.347 e. The summed E-state index contributed by atoms with van der Waals surface area (Å²) in [5.41, 5.74) is 1.59. The fraction of sp³-hybridized carbons (Fsp3) is 0.333. The lowest BCUT2D eigenvalue weighted by Crippen LogP contribution is -2.40. The van der Waals surface area contributed by atoms with E-state index in [4.69, 9.17) is 0 Å². The number of hydrogen-bond donors (Lipinski definition) is 2. The molecule has 156 valence electrons. The van der Waals surface area contributed by atoms with E-state index >= 15 is 0 Å². The van der Waals surface area contributed by atoms with Gasteiger partial charge in [-0.1, -0.05) is 6.07 Å². The number of anilines is 1. The Morgan fingerprint density at radius 1 is 0.897 bits per heavy atom. The van der Waals surface area contributed by atoms with Gasteiger partial charge in [0.05, 0.1) is 4.90 Å². The first-order valence-electron chi connectivity index (χ1n) is 9.08. The molecule has 0 bridgehead atoms. The van der Waals surface area contributed by atoms with Crippen molar-refractivity contribution in [1.82, 2.24) is 9.62 Å². The average Bonchev–Trinajstić information content (AvgIpc) is 2.61. The van der Waals surface area contributed by atoms with E-state index in [0.29, 0.717) is 16.8 Å². The molecule has 29 heavy (non-hydrogen) atoms. The maximum absolute atomic E-state index is 12.6. The highest BCUT2D eigenvalue weighted by Crippen LogP contribution is 2.22. The quantitative estimate of drug-likeness (QED) is 0.782. The van der Waals surface area contributed by atoms with Gasteiger partial charge in [0, 0.05) is 36.4 Å². The van der Waals surface area contributed by atoms with Gasteiger partial charge in [-0.15, -0.1) is 0 Å². The van der Waals surface area contributed by atoms with E-state index in [-0.39, 0.29) is 16.3 Å². The number of rotatable bonds is 5. The van der Waals surface area contributed by atoms with E-state index in [1.807, 2.05) is 20.8 Å². The summed E-state index contributed by atoms with van der Waals surface area (Å²) >= 11 is 0. The molecule has 0 aliphatic rings. The van der Waals surface area contributed by atoms with Crippen LogP contribution < -0.4 is 10.6 Å². The Labute approximate surface area is 172 Å². The van der Waals surface area contributed by atoms with Crippen LogP contribution in [0.4, 0.5) is 5.69 Å². The van der Waals surface area contributed by atoms with Gasteiger partial charge >= 0.3 is 0 Å². The minimum Gasteiger partial charge on any atom is -0.347 e. The van der Waals surface area contributed by atoms with Gasteiger partial charge < -0.3 is 10.6 Å². The number of aryl methyl sites for hydroxylation is 1. The van der Waals surface area contributed by atoms with Crippen LogP contribution in [0.15, 0.2) is 47.4 Å². The fourth-order valence-electron chi connectivity index (χ4n) is 2.49. The number of carbonyl (C=O) groups is 2. The molecular weight excluding hydrogens is 390 g/mol. The SMILES string of the molecule is Cc1ccc(S(=O)(=O)N(C)C)cc1NC(=O)c1ccc(C(=O)NC(C)(C)C)cc1. The van der Waals surface area contributed by atoms with Crippen LogP contribution in [0.25, 0.3) is 0 Å². The molecule has 0 heterocycles. The maximum atomic E-state index is 12.6. The van der Waals surface area contributed by atoms with Crippen molar-refractivity contribution in [3.05, 3.63) is 59.2 Å². The van der Waals surface area contributed by atoms with Crippen LogP contribution in [-0.4, -0.2) is 44.2 Å². The predicted molar refractivity (Wildman–Crippen MR) is 114 cm³/mol. The predicted octanol–water partition coefficient (Wildman–Crippen LogP) is 3.03. The Kier molecular flexibility index (Phi) is 6.50. The third kappa shape index (κ3) is 5.65. The number of nitrogens with one attached hydrogen (secondary N) is 2. The van der Waals surface area contributed by atoms with Gasteiger partial charge in [-0.05, 0) is 69.7 Å². The Morgan fingerprint density at radius 2 is 1.41 bits per heavy atom.